The molecule has 0 saturated heterocycles. The van der Waals surface area contributed by atoms with Gasteiger partial charge in [0, 0.05) is 6.21 Å². The van der Waals surface area contributed by atoms with E-state index in [1.165, 1.54) is 0 Å². The molecule has 0 amide bonds. The van der Waals surface area contributed by atoms with E-state index in [1.807, 2.05) is 13.8 Å². The van der Waals surface area contributed by atoms with Crippen LogP contribution in [-0.4, -0.2) is 17.4 Å². The first-order valence-corrected chi connectivity index (χ1v) is 2.37. The van der Waals surface area contributed by atoms with E-state index in [-0.39, 0.29) is 5.92 Å². The summed E-state index contributed by atoms with van der Waals surface area (Å²) in [6.45, 7) is 3.74. The molecule has 0 saturated carbocycles. The molecule has 0 aliphatic carbocycles. The molecule has 0 bridgehead atoms. The number of rotatable bonds is 2. The molecule has 0 aliphatic rings. The molecular formula is C5H11NO. The summed E-state index contributed by atoms with van der Waals surface area (Å²) in [6, 6.07) is 0. The summed E-state index contributed by atoms with van der Waals surface area (Å²) < 4.78 is 0. The van der Waals surface area contributed by atoms with Gasteiger partial charge >= 0.3 is 0 Å². The Hall–Kier alpha value is -0.370. The fourth-order valence-electron chi connectivity index (χ4n) is 0.192. The maximum Gasteiger partial charge on any atom is 0.0906 e. The zero-order valence-electron chi connectivity index (χ0n) is 4.68. The Morgan fingerprint density at radius 3 is 2.00 bits per heavy atom. The third-order valence-corrected chi connectivity index (χ3v) is 0.854. The monoisotopic (exact) mass is 101 g/mol. The Bertz CT molecular complexity index is 61.1. The van der Waals surface area contributed by atoms with Gasteiger partial charge in [0.15, 0.2) is 0 Å². The number of hydrogen-bond acceptors (Lipinski definition) is 2. The van der Waals surface area contributed by atoms with Crippen LogP contribution in [0.25, 0.3) is 0 Å². The lowest BCUT2D eigenvalue weighted by Crippen LogP contribution is -2.14. The first-order chi connectivity index (χ1) is 3.18. The van der Waals surface area contributed by atoms with Crippen LogP contribution in [0, 0.1) is 11.3 Å². The lowest BCUT2D eigenvalue weighted by Gasteiger charge is -2.05. The van der Waals surface area contributed by atoms with Crippen LogP contribution in [0.4, 0.5) is 0 Å². The van der Waals surface area contributed by atoms with Crippen LogP contribution in [0.3, 0.4) is 0 Å². The summed E-state index contributed by atoms with van der Waals surface area (Å²) in [5.74, 6) is 0.178. The average Bonchev–Trinajstić information content (AvgIpc) is 1.65. The molecule has 2 heteroatoms. The van der Waals surface area contributed by atoms with Crippen molar-refractivity contribution < 1.29 is 5.11 Å². The minimum Gasteiger partial charge on any atom is -0.387 e. The van der Waals surface area contributed by atoms with Crippen LogP contribution in [0.15, 0.2) is 0 Å². The zero-order valence-corrected chi connectivity index (χ0v) is 4.68. The van der Waals surface area contributed by atoms with Crippen molar-refractivity contribution in [1.82, 2.24) is 0 Å². The van der Waals surface area contributed by atoms with Gasteiger partial charge in [-0.15, -0.1) is 0 Å². The second kappa shape index (κ2) is 2.75. The summed E-state index contributed by atoms with van der Waals surface area (Å²) in [4.78, 5) is 0. The maximum absolute atomic E-state index is 8.69. The summed E-state index contributed by atoms with van der Waals surface area (Å²) in [5, 5.41) is 15.3. The second-order valence-corrected chi connectivity index (χ2v) is 1.90. The fraction of sp³-hybridized carbons (Fsp3) is 0.800. The topological polar surface area (TPSA) is 44.1 Å². The first-order valence-electron chi connectivity index (χ1n) is 2.37. The Kier molecular flexibility index (Phi) is 2.60. The Morgan fingerprint density at radius 2 is 2.00 bits per heavy atom. The van der Waals surface area contributed by atoms with Crippen LogP contribution >= 0.6 is 0 Å². The van der Waals surface area contributed by atoms with E-state index >= 15 is 0 Å². The Morgan fingerprint density at radius 1 is 1.57 bits per heavy atom. The van der Waals surface area contributed by atoms with Gasteiger partial charge in [0.25, 0.3) is 0 Å². The molecule has 0 fully saturated rings. The minimum absolute atomic E-state index is 0.178. The maximum atomic E-state index is 8.69. The SMILES string of the molecule is CC(C)C(O)C=N. The molecule has 0 aromatic heterocycles. The molecule has 2 nitrogen and oxygen atoms in total. The van der Waals surface area contributed by atoms with Crippen molar-refractivity contribution in [3.63, 3.8) is 0 Å². The molecule has 1 unspecified atom stereocenters. The van der Waals surface area contributed by atoms with Gasteiger partial charge in [0.2, 0.25) is 0 Å². The van der Waals surface area contributed by atoms with Crippen molar-refractivity contribution >= 4 is 6.21 Å². The molecule has 2 N–H and O–H groups in total. The number of aliphatic hydroxyl groups is 1. The van der Waals surface area contributed by atoms with Gasteiger partial charge in [-0.25, -0.2) is 0 Å². The van der Waals surface area contributed by atoms with Gasteiger partial charge in [-0.2, -0.15) is 0 Å². The smallest absolute Gasteiger partial charge is 0.0906 e. The van der Waals surface area contributed by atoms with Crippen LogP contribution in [-0.2, 0) is 0 Å². The predicted octanol–water partition coefficient (Wildman–Crippen LogP) is 0.653. The predicted molar refractivity (Wildman–Crippen MR) is 29.6 cm³/mol. The third kappa shape index (κ3) is 2.34. The lowest BCUT2D eigenvalue weighted by molar-refractivity contribution is 0.194. The van der Waals surface area contributed by atoms with Gasteiger partial charge in [-0.1, -0.05) is 13.8 Å². The molecule has 0 aromatic rings. The summed E-state index contributed by atoms with van der Waals surface area (Å²) in [6.07, 6.45) is 0.491. The summed E-state index contributed by atoms with van der Waals surface area (Å²) >= 11 is 0. The summed E-state index contributed by atoms with van der Waals surface area (Å²) in [5.41, 5.74) is 0. The normalized spacial score (nSPS) is 14.3. The average molecular weight is 101 g/mol. The first kappa shape index (κ1) is 6.63. The molecule has 0 heterocycles. The van der Waals surface area contributed by atoms with Gasteiger partial charge in [0.1, 0.15) is 0 Å². The van der Waals surface area contributed by atoms with Gasteiger partial charge < -0.3 is 10.5 Å². The Balaban J connectivity index is 3.33. The van der Waals surface area contributed by atoms with Crippen molar-refractivity contribution in [2.24, 2.45) is 5.92 Å². The molecule has 0 spiro atoms. The van der Waals surface area contributed by atoms with Crippen molar-refractivity contribution in [3.05, 3.63) is 0 Å². The molecule has 7 heavy (non-hydrogen) atoms. The van der Waals surface area contributed by atoms with E-state index in [0.29, 0.717) is 0 Å². The van der Waals surface area contributed by atoms with Crippen molar-refractivity contribution in [2.45, 2.75) is 20.0 Å². The van der Waals surface area contributed by atoms with Gasteiger partial charge in [-0.05, 0) is 5.92 Å². The van der Waals surface area contributed by atoms with Gasteiger partial charge in [-0.3, -0.25) is 0 Å². The quantitative estimate of drug-likeness (QED) is 0.493. The molecule has 1 atom stereocenters. The van der Waals surface area contributed by atoms with Crippen LogP contribution < -0.4 is 0 Å². The third-order valence-electron chi connectivity index (χ3n) is 0.854. The standard InChI is InChI=1S/C5H11NO/c1-4(2)5(7)3-6/h3-7H,1-2H3. The zero-order chi connectivity index (χ0) is 5.86. The van der Waals surface area contributed by atoms with Crippen LogP contribution in [0.5, 0.6) is 0 Å². The van der Waals surface area contributed by atoms with Crippen LogP contribution in [0.1, 0.15) is 13.8 Å². The van der Waals surface area contributed by atoms with E-state index < -0.39 is 6.10 Å². The van der Waals surface area contributed by atoms with E-state index in [2.05, 4.69) is 0 Å². The highest BCUT2D eigenvalue weighted by molar-refractivity contribution is 5.58. The highest BCUT2D eigenvalue weighted by atomic mass is 16.3. The lowest BCUT2D eigenvalue weighted by atomic mass is 10.1. The molecular weight excluding hydrogens is 90.1 g/mol. The number of aliphatic hydroxyl groups excluding tert-OH is 1. The van der Waals surface area contributed by atoms with E-state index in [1.54, 1.807) is 0 Å². The largest absolute Gasteiger partial charge is 0.387 e. The molecule has 42 valence electrons. The fourth-order valence-corrected chi connectivity index (χ4v) is 0.192. The van der Waals surface area contributed by atoms with E-state index in [0.717, 1.165) is 6.21 Å². The van der Waals surface area contributed by atoms with Gasteiger partial charge in [0.05, 0.1) is 6.10 Å². The minimum atomic E-state index is -0.556. The van der Waals surface area contributed by atoms with E-state index in [9.17, 15) is 0 Å². The number of hydrogen-bond donors (Lipinski definition) is 2. The van der Waals surface area contributed by atoms with E-state index in [4.69, 9.17) is 10.5 Å². The molecule has 0 aliphatic heterocycles. The van der Waals surface area contributed by atoms with Crippen molar-refractivity contribution in [1.29, 1.82) is 5.41 Å². The second-order valence-electron chi connectivity index (χ2n) is 1.90. The molecule has 0 rings (SSSR count). The molecule has 0 aromatic carbocycles. The van der Waals surface area contributed by atoms with Crippen LogP contribution in [0.2, 0.25) is 0 Å². The highest BCUT2D eigenvalue weighted by Crippen LogP contribution is 1.95. The highest BCUT2D eigenvalue weighted by Gasteiger charge is 2.01. The van der Waals surface area contributed by atoms with Crippen molar-refractivity contribution in [3.8, 4) is 0 Å². The van der Waals surface area contributed by atoms with Crippen molar-refractivity contribution in [2.75, 3.05) is 0 Å². The summed E-state index contributed by atoms with van der Waals surface area (Å²) in [7, 11) is 0. The number of nitrogens with one attached hydrogen (secondary N) is 1. The molecule has 0 radical (unpaired) electrons. The Labute approximate surface area is 43.7 Å².